The van der Waals surface area contributed by atoms with Crippen LogP contribution in [-0.4, -0.2) is 31.7 Å². The predicted molar refractivity (Wildman–Crippen MR) is 107 cm³/mol. The van der Waals surface area contributed by atoms with Gasteiger partial charge in [0.2, 0.25) is 15.9 Å². The third-order valence-electron chi connectivity index (χ3n) is 4.77. The van der Waals surface area contributed by atoms with Crippen LogP contribution in [0.2, 0.25) is 0 Å². The Bertz CT molecular complexity index is 701. The van der Waals surface area contributed by atoms with E-state index < -0.39 is 14.8 Å². The number of anilines is 2. The minimum Gasteiger partial charge on any atom is -0.385 e. The molecule has 7 heteroatoms. The monoisotopic (exact) mass is 381 g/mol. The molecule has 0 spiro atoms. The lowest BCUT2D eigenvalue weighted by atomic mass is 9.86. The number of amides is 1. The summed E-state index contributed by atoms with van der Waals surface area (Å²) in [5, 5.41) is 6.18. The summed E-state index contributed by atoms with van der Waals surface area (Å²) in [6, 6.07) is 7.71. The largest absolute Gasteiger partial charge is 0.385 e. The smallest absolute Gasteiger partial charge is 0.221 e. The summed E-state index contributed by atoms with van der Waals surface area (Å²) in [5.74, 6) is 0.463. The molecule has 146 valence electrons. The summed E-state index contributed by atoms with van der Waals surface area (Å²) >= 11 is 0. The van der Waals surface area contributed by atoms with Crippen LogP contribution in [0.3, 0.4) is 0 Å². The standard InChI is InChI=1S/C19H31N3O3S/c1-14(23)21-17-11-9-16(10-12-17)20-13-15-5-7-18(8-6-15)22-26(24,25)19(2,3)4/h9-12,15,18,20,22H,5-8,13H2,1-4H3,(H,21,23). The minimum absolute atomic E-state index is 0.0485. The molecule has 0 aromatic heterocycles. The highest BCUT2D eigenvalue weighted by Crippen LogP contribution is 2.27. The Kier molecular flexibility index (Phi) is 6.69. The quantitative estimate of drug-likeness (QED) is 0.705. The molecule has 1 fully saturated rings. The third-order valence-corrected chi connectivity index (χ3v) is 7.03. The molecule has 1 aliphatic carbocycles. The van der Waals surface area contributed by atoms with Crippen LogP contribution in [-0.2, 0) is 14.8 Å². The molecule has 26 heavy (non-hydrogen) atoms. The average Bonchev–Trinajstić information content (AvgIpc) is 2.54. The van der Waals surface area contributed by atoms with Crippen LogP contribution in [0.1, 0.15) is 53.4 Å². The SMILES string of the molecule is CC(=O)Nc1ccc(NCC2CCC(NS(=O)(=O)C(C)(C)C)CC2)cc1. The van der Waals surface area contributed by atoms with Crippen molar-refractivity contribution in [1.29, 1.82) is 0 Å². The molecule has 6 nitrogen and oxygen atoms in total. The molecule has 0 radical (unpaired) electrons. The molecule has 0 unspecified atom stereocenters. The Morgan fingerprint density at radius 2 is 1.58 bits per heavy atom. The van der Waals surface area contributed by atoms with Crippen molar-refractivity contribution in [3.8, 4) is 0 Å². The van der Waals surface area contributed by atoms with Gasteiger partial charge in [-0.3, -0.25) is 4.79 Å². The molecule has 0 atom stereocenters. The summed E-state index contributed by atoms with van der Waals surface area (Å²) in [4.78, 5) is 11.0. The van der Waals surface area contributed by atoms with E-state index in [4.69, 9.17) is 0 Å². The molecule has 0 heterocycles. The second-order valence-electron chi connectivity index (χ2n) is 8.09. The molecular formula is C19H31N3O3S. The maximum atomic E-state index is 12.3. The highest BCUT2D eigenvalue weighted by molar-refractivity contribution is 7.90. The third kappa shape index (κ3) is 5.99. The topological polar surface area (TPSA) is 87.3 Å². The first-order chi connectivity index (χ1) is 12.1. The lowest BCUT2D eigenvalue weighted by Crippen LogP contribution is -2.46. The van der Waals surface area contributed by atoms with Gasteiger partial charge in [0.1, 0.15) is 0 Å². The molecule has 3 N–H and O–H groups in total. The van der Waals surface area contributed by atoms with Gasteiger partial charge in [-0.2, -0.15) is 0 Å². The fourth-order valence-corrected chi connectivity index (χ4v) is 4.05. The fourth-order valence-electron chi connectivity index (χ4n) is 3.02. The number of benzene rings is 1. The summed E-state index contributed by atoms with van der Waals surface area (Å²) < 4.78 is 26.6. The Hall–Kier alpha value is -1.60. The highest BCUT2D eigenvalue weighted by Gasteiger charge is 2.32. The molecule has 1 amide bonds. The van der Waals surface area contributed by atoms with Crippen molar-refractivity contribution in [3.63, 3.8) is 0 Å². The van der Waals surface area contributed by atoms with Crippen LogP contribution < -0.4 is 15.4 Å². The Labute approximate surface area is 157 Å². The van der Waals surface area contributed by atoms with E-state index in [1.54, 1.807) is 20.8 Å². The zero-order chi connectivity index (χ0) is 19.4. The van der Waals surface area contributed by atoms with Crippen LogP contribution in [0.5, 0.6) is 0 Å². The van der Waals surface area contributed by atoms with Crippen LogP contribution in [0.4, 0.5) is 11.4 Å². The van der Waals surface area contributed by atoms with Gasteiger partial charge in [0.05, 0.1) is 4.75 Å². The zero-order valence-electron chi connectivity index (χ0n) is 16.1. The minimum atomic E-state index is -3.28. The maximum absolute atomic E-state index is 12.3. The fraction of sp³-hybridized carbons (Fsp3) is 0.632. The number of hydrogen-bond donors (Lipinski definition) is 3. The normalized spacial score (nSPS) is 21.2. The van der Waals surface area contributed by atoms with Gasteiger partial charge in [-0.15, -0.1) is 0 Å². The van der Waals surface area contributed by atoms with Crippen molar-refractivity contribution in [2.45, 2.75) is 64.2 Å². The molecule has 0 saturated heterocycles. The predicted octanol–water partition coefficient (Wildman–Crippen LogP) is 3.33. The Morgan fingerprint density at radius 3 is 2.08 bits per heavy atom. The summed E-state index contributed by atoms with van der Waals surface area (Å²) in [7, 11) is -3.28. The van der Waals surface area contributed by atoms with Crippen molar-refractivity contribution < 1.29 is 13.2 Å². The van der Waals surface area contributed by atoms with E-state index in [0.717, 1.165) is 43.6 Å². The van der Waals surface area contributed by atoms with E-state index >= 15 is 0 Å². The van der Waals surface area contributed by atoms with E-state index in [-0.39, 0.29) is 11.9 Å². The van der Waals surface area contributed by atoms with Gasteiger partial charge in [0.15, 0.2) is 0 Å². The number of carbonyl (C=O) groups is 1. The Balaban J connectivity index is 1.76. The van der Waals surface area contributed by atoms with Crippen molar-refractivity contribution in [1.82, 2.24) is 4.72 Å². The second kappa shape index (κ2) is 8.39. The second-order valence-corrected chi connectivity index (χ2v) is 10.6. The van der Waals surface area contributed by atoms with Gasteiger partial charge in [-0.25, -0.2) is 13.1 Å². The summed E-state index contributed by atoms with van der Waals surface area (Å²) in [5.41, 5.74) is 1.81. The molecule has 1 aliphatic rings. The first kappa shape index (κ1) is 20.7. The van der Waals surface area contributed by atoms with Gasteiger partial charge >= 0.3 is 0 Å². The molecule has 2 rings (SSSR count). The highest BCUT2D eigenvalue weighted by atomic mass is 32.2. The number of nitrogens with one attached hydrogen (secondary N) is 3. The summed E-state index contributed by atoms with van der Waals surface area (Å²) in [6.07, 6.45) is 3.77. The van der Waals surface area contributed by atoms with Gasteiger partial charge in [0.25, 0.3) is 0 Å². The van der Waals surface area contributed by atoms with E-state index in [1.165, 1.54) is 6.92 Å². The van der Waals surface area contributed by atoms with Crippen molar-refractivity contribution in [3.05, 3.63) is 24.3 Å². The van der Waals surface area contributed by atoms with E-state index in [2.05, 4.69) is 15.4 Å². The van der Waals surface area contributed by atoms with Gasteiger partial charge in [-0.1, -0.05) is 0 Å². The average molecular weight is 382 g/mol. The van der Waals surface area contributed by atoms with Gasteiger partial charge in [0, 0.05) is 30.9 Å². The van der Waals surface area contributed by atoms with Crippen LogP contribution in [0, 0.1) is 5.92 Å². The van der Waals surface area contributed by atoms with Crippen LogP contribution >= 0.6 is 0 Å². The number of carbonyl (C=O) groups excluding carboxylic acids is 1. The lowest BCUT2D eigenvalue weighted by Gasteiger charge is -2.31. The number of hydrogen-bond acceptors (Lipinski definition) is 4. The lowest BCUT2D eigenvalue weighted by molar-refractivity contribution is -0.114. The molecule has 0 bridgehead atoms. The molecule has 0 aliphatic heterocycles. The van der Waals surface area contributed by atoms with Crippen molar-refractivity contribution in [2.24, 2.45) is 5.92 Å². The van der Waals surface area contributed by atoms with Gasteiger partial charge in [-0.05, 0) is 76.6 Å². The van der Waals surface area contributed by atoms with Gasteiger partial charge < -0.3 is 10.6 Å². The van der Waals surface area contributed by atoms with Crippen LogP contribution in [0.15, 0.2) is 24.3 Å². The zero-order valence-corrected chi connectivity index (χ0v) is 16.9. The van der Waals surface area contributed by atoms with Crippen LogP contribution in [0.25, 0.3) is 0 Å². The van der Waals surface area contributed by atoms with Crippen molar-refractivity contribution in [2.75, 3.05) is 17.2 Å². The number of rotatable bonds is 6. The maximum Gasteiger partial charge on any atom is 0.221 e. The van der Waals surface area contributed by atoms with E-state index in [9.17, 15) is 13.2 Å². The first-order valence-electron chi connectivity index (χ1n) is 9.20. The van der Waals surface area contributed by atoms with E-state index in [0.29, 0.717) is 5.92 Å². The summed E-state index contributed by atoms with van der Waals surface area (Å²) in [6.45, 7) is 7.54. The van der Waals surface area contributed by atoms with Crippen molar-refractivity contribution >= 4 is 27.3 Å². The molecule has 1 aromatic rings. The molecule has 1 aromatic carbocycles. The number of sulfonamides is 1. The first-order valence-corrected chi connectivity index (χ1v) is 10.7. The molecule has 1 saturated carbocycles. The van der Waals surface area contributed by atoms with E-state index in [1.807, 2.05) is 24.3 Å². The Morgan fingerprint density at radius 1 is 1.04 bits per heavy atom. The molecular weight excluding hydrogens is 350 g/mol.